The van der Waals surface area contributed by atoms with E-state index in [0.717, 1.165) is 24.3 Å². The van der Waals surface area contributed by atoms with Crippen molar-refractivity contribution < 1.29 is 0 Å². The molecule has 4 atom stereocenters. The molecule has 2 saturated heterocycles. The van der Waals surface area contributed by atoms with Crippen molar-refractivity contribution in [2.45, 2.75) is 44.6 Å². The Morgan fingerprint density at radius 2 is 1.96 bits per heavy atom. The van der Waals surface area contributed by atoms with Gasteiger partial charge in [-0.15, -0.1) is 11.3 Å². The molecule has 4 rings (SSSR count). The molecule has 3 fully saturated rings. The zero-order valence-electron chi connectivity index (χ0n) is 16.4. The lowest BCUT2D eigenvalue weighted by molar-refractivity contribution is 0.124. The van der Waals surface area contributed by atoms with Gasteiger partial charge in [-0.05, 0) is 68.5 Å². The van der Waals surface area contributed by atoms with Crippen LogP contribution in [0.2, 0.25) is 0 Å². The summed E-state index contributed by atoms with van der Waals surface area (Å²) in [5.41, 5.74) is 0. The maximum Gasteiger partial charge on any atom is 0.193 e. The zero-order chi connectivity index (χ0) is 17.9. The van der Waals surface area contributed by atoms with E-state index in [-0.39, 0.29) is 0 Å². The monoisotopic (exact) mass is 374 g/mol. The van der Waals surface area contributed by atoms with Crippen LogP contribution >= 0.6 is 11.3 Å². The van der Waals surface area contributed by atoms with Crippen LogP contribution in [0.1, 0.15) is 49.4 Å². The molecule has 0 amide bonds. The molecule has 3 heterocycles. The van der Waals surface area contributed by atoms with Crippen LogP contribution in [0.3, 0.4) is 0 Å². The molecule has 0 radical (unpaired) electrons. The number of piperidine rings is 1. The highest BCUT2D eigenvalue weighted by Crippen LogP contribution is 2.38. The van der Waals surface area contributed by atoms with Crippen LogP contribution in [0.4, 0.5) is 0 Å². The van der Waals surface area contributed by atoms with Gasteiger partial charge in [-0.3, -0.25) is 9.89 Å². The largest absolute Gasteiger partial charge is 0.356 e. The summed E-state index contributed by atoms with van der Waals surface area (Å²) in [5, 5.41) is 5.97. The van der Waals surface area contributed by atoms with Gasteiger partial charge >= 0.3 is 0 Å². The molecule has 4 nitrogen and oxygen atoms in total. The van der Waals surface area contributed by atoms with Crippen LogP contribution in [0.15, 0.2) is 22.5 Å². The number of nitrogens with one attached hydrogen (secondary N) is 1. The Morgan fingerprint density at radius 1 is 1.19 bits per heavy atom. The summed E-state index contributed by atoms with van der Waals surface area (Å²) in [4.78, 5) is 11.2. The number of likely N-dealkylation sites (tertiary alicyclic amines) is 2. The minimum Gasteiger partial charge on any atom is -0.356 e. The Kier molecular flexibility index (Phi) is 5.84. The predicted molar refractivity (Wildman–Crippen MR) is 111 cm³/mol. The number of thiophene rings is 1. The van der Waals surface area contributed by atoms with E-state index in [1.54, 1.807) is 0 Å². The molecule has 2 aliphatic heterocycles. The second-order valence-corrected chi connectivity index (χ2v) is 9.46. The Hall–Kier alpha value is -1.07. The lowest BCUT2D eigenvalue weighted by Gasteiger charge is -2.39. The van der Waals surface area contributed by atoms with Gasteiger partial charge in [-0.1, -0.05) is 18.9 Å². The average Bonchev–Trinajstić information content (AvgIpc) is 3.32. The van der Waals surface area contributed by atoms with Crippen molar-refractivity contribution in [2.24, 2.45) is 22.7 Å². The van der Waals surface area contributed by atoms with E-state index in [1.165, 1.54) is 63.0 Å². The van der Waals surface area contributed by atoms with Crippen LogP contribution in [0, 0.1) is 17.8 Å². The molecule has 4 unspecified atom stereocenters. The first-order chi connectivity index (χ1) is 12.8. The normalized spacial score (nSPS) is 33.3. The molecular weight excluding hydrogens is 340 g/mol. The third-order valence-electron chi connectivity index (χ3n) is 6.85. The van der Waals surface area contributed by atoms with Crippen LogP contribution in [-0.2, 0) is 0 Å². The van der Waals surface area contributed by atoms with Crippen LogP contribution < -0.4 is 5.32 Å². The summed E-state index contributed by atoms with van der Waals surface area (Å²) < 4.78 is 0. The van der Waals surface area contributed by atoms with E-state index in [0.29, 0.717) is 12.0 Å². The van der Waals surface area contributed by atoms with Gasteiger partial charge in [0.2, 0.25) is 0 Å². The van der Waals surface area contributed by atoms with E-state index < -0.39 is 0 Å². The van der Waals surface area contributed by atoms with E-state index in [2.05, 4.69) is 44.7 Å². The van der Waals surface area contributed by atoms with Gasteiger partial charge < -0.3 is 10.2 Å². The molecule has 144 valence electrons. The number of hydrogen-bond donors (Lipinski definition) is 1. The van der Waals surface area contributed by atoms with Gasteiger partial charge in [0.25, 0.3) is 0 Å². The van der Waals surface area contributed by atoms with E-state index in [9.17, 15) is 0 Å². The number of guanidine groups is 1. The second kappa shape index (κ2) is 8.30. The van der Waals surface area contributed by atoms with Crippen molar-refractivity contribution in [1.82, 2.24) is 15.1 Å². The van der Waals surface area contributed by atoms with Crippen LogP contribution in [-0.4, -0.2) is 56.0 Å². The molecule has 3 aliphatic rings. The van der Waals surface area contributed by atoms with Crippen LogP contribution in [0.5, 0.6) is 0 Å². The molecule has 1 N–H and O–H groups in total. The Labute approximate surface area is 162 Å². The number of rotatable bonds is 3. The summed E-state index contributed by atoms with van der Waals surface area (Å²) in [5.74, 6) is 3.61. The van der Waals surface area contributed by atoms with Gasteiger partial charge in [0, 0.05) is 37.6 Å². The minimum absolute atomic E-state index is 0.551. The second-order valence-electron chi connectivity index (χ2n) is 8.48. The molecule has 1 aliphatic carbocycles. The first-order valence-electron chi connectivity index (χ1n) is 10.5. The molecular formula is C21H34N4S. The van der Waals surface area contributed by atoms with Crippen molar-refractivity contribution in [3.63, 3.8) is 0 Å². The highest BCUT2D eigenvalue weighted by molar-refractivity contribution is 7.10. The third-order valence-corrected chi connectivity index (χ3v) is 7.79. The van der Waals surface area contributed by atoms with Gasteiger partial charge in [-0.25, -0.2) is 0 Å². The molecule has 0 aromatic carbocycles. The maximum atomic E-state index is 4.64. The van der Waals surface area contributed by atoms with Crippen LogP contribution in [0.25, 0.3) is 0 Å². The Balaban J connectivity index is 1.38. The fourth-order valence-corrected chi connectivity index (χ4v) is 6.50. The Morgan fingerprint density at radius 3 is 2.62 bits per heavy atom. The number of hydrogen-bond acceptors (Lipinski definition) is 3. The van der Waals surface area contributed by atoms with Gasteiger partial charge in [0.05, 0.1) is 0 Å². The van der Waals surface area contributed by atoms with Crippen molar-refractivity contribution >= 4 is 17.3 Å². The van der Waals surface area contributed by atoms with Gasteiger partial charge in [-0.2, -0.15) is 0 Å². The molecule has 0 bridgehead atoms. The first kappa shape index (κ1) is 18.3. The third kappa shape index (κ3) is 3.79. The SMILES string of the molecule is CN=C(NCC1CCCN(C)C1c1cccs1)N1CC2CCCCC2C1. The highest BCUT2D eigenvalue weighted by atomic mass is 32.1. The summed E-state index contributed by atoms with van der Waals surface area (Å²) in [6.07, 6.45) is 8.31. The smallest absolute Gasteiger partial charge is 0.193 e. The zero-order valence-corrected chi connectivity index (χ0v) is 17.2. The van der Waals surface area contributed by atoms with Gasteiger partial charge in [0.15, 0.2) is 5.96 Å². The van der Waals surface area contributed by atoms with E-state index in [1.807, 2.05) is 18.4 Å². The maximum absolute atomic E-state index is 4.64. The molecule has 1 aromatic heterocycles. The van der Waals surface area contributed by atoms with Crippen molar-refractivity contribution in [3.8, 4) is 0 Å². The fraction of sp³-hybridized carbons (Fsp3) is 0.762. The summed E-state index contributed by atoms with van der Waals surface area (Å²) in [6.45, 7) is 4.67. The minimum atomic E-state index is 0.551. The van der Waals surface area contributed by atoms with E-state index >= 15 is 0 Å². The number of aliphatic imine (C=N–C) groups is 1. The fourth-order valence-electron chi connectivity index (χ4n) is 5.52. The molecule has 26 heavy (non-hydrogen) atoms. The van der Waals surface area contributed by atoms with Crippen molar-refractivity contribution in [2.75, 3.05) is 40.3 Å². The van der Waals surface area contributed by atoms with Crippen molar-refractivity contribution in [1.29, 1.82) is 0 Å². The standard InChI is InChI=1S/C21H34N4S/c1-22-21(25-14-17-7-3-4-8-18(17)15-25)23-13-16-9-5-11-24(2)20(16)19-10-6-12-26-19/h6,10,12,16-18,20H,3-5,7-9,11,13-15H2,1-2H3,(H,22,23). The topological polar surface area (TPSA) is 30.9 Å². The first-order valence-corrected chi connectivity index (χ1v) is 11.3. The lowest BCUT2D eigenvalue weighted by atomic mass is 9.82. The van der Waals surface area contributed by atoms with E-state index in [4.69, 9.17) is 0 Å². The molecule has 1 aromatic rings. The summed E-state index contributed by atoms with van der Waals surface area (Å²) in [7, 11) is 4.24. The average molecular weight is 375 g/mol. The highest BCUT2D eigenvalue weighted by Gasteiger charge is 2.36. The van der Waals surface area contributed by atoms with Crippen molar-refractivity contribution in [3.05, 3.63) is 22.4 Å². The number of fused-ring (bicyclic) bond motifs is 1. The number of nitrogens with zero attached hydrogens (tertiary/aromatic N) is 3. The Bertz CT molecular complexity index is 585. The summed E-state index contributed by atoms with van der Waals surface area (Å²) in [6, 6.07) is 5.05. The molecule has 0 spiro atoms. The summed E-state index contributed by atoms with van der Waals surface area (Å²) >= 11 is 1.91. The molecule has 5 heteroatoms. The van der Waals surface area contributed by atoms with Gasteiger partial charge in [0.1, 0.15) is 0 Å². The predicted octanol–water partition coefficient (Wildman–Crippen LogP) is 3.83. The lowest BCUT2D eigenvalue weighted by Crippen LogP contribution is -2.46. The molecule has 1 saturated carbocycles. The quantitative estimate of drug-likeness (QED) is 0.644.